The normalized spacial score (nSPS) is 16.6. The van der Waals surface area contributed by atoms with Crippen LogP contribution in [0, 0.1) is 0 Å². The standard InChI is InChI=1S/C21H22F3N5O2/c22-21(23,24)16-12-15(2-4-19(16)29-7-9-30-10-8-29)20(31-25)28-13-14-1-3-17-18(11-14)27-6-5-26-17/h1-4,6,11-12,26H,5,7-10,13,25H2. The summed E-state index contributed by atoms with van der Waals surface area (Å²) in [6, 6.07) is 9.60. The number of nitrogens with one attached hydrogen (secondary N) is 1. The summed E-state index contributed by atoms with van der Waals surface area (Å²) in [6.45, 7) is 2.41. The fourth-order valence-corrected chi connectivity index (χ4v) is 3.57. The van der Waals surface area contributed by atoms with E-state index in [-0.39, 0.29) is 23.7 Å². The second kappa shape index (κ2) is 8.94. The van der Waals surface area contributed by atoms with Gasteiger partial charge in [-0.2, -0.15) is 19.1 Å². The van der Waals surface area contributed by atoms with Gasteiger partial charge in [-0.15, -0.1) is 0 Å². The van der Waals surface area contributed by atoms with Crippen LogP contribution in [0.25, 0.3) is 0 Å². The number of nitrogens with zero attached hydrogens (tertiary/aromatic N) is 3. The summed E-state index contributed by atoms with van der Waals surface area (Å²) in [4.78, 5) is 15.1. The van der Waals surface area contributed by atoms with Crippen LogP contribution in [0.5, 0.6) is 0 Å². The number of benzene rings is 2. The first kappa shape index (κ1) is 21.1. The Morgan fingerprint density at radius 2 is 2.00 bits per heavy atom. The van der Waals surface area contributed by atoms with Gasteiger partial charge in [0.2, 0.25) is 5.90 Å². The van der Waals surface area contributed by atoms with Crippen LogP contribution < -0.4 is 16.1 Å². The summed E-state index contributed by atoms with van der Waals surface area (Å²) in [5, 5.41) is 3.20. The average molecular weight is 433 g/mol. The number of ether oxygens (including phenoxy) is 1. The Hall–Kier alpha value is -3.11. The lowest BCUT2D eigenvalue weighted by molar-refractivity contribution is -0.137. The number of alkyl halides is 3. The van der Waals surface area contributed by atoms with Crippen LogP contribution in [0.4, 0.5) is 30.2 Å². The number of nitrogens with two attached hydrogens (primary N) is 1. The van der Waals surface area contributed by atoms with Crippen molar-refractivity contribution < 1.29 is 22.7 Å². The summed E-state index contributed by atoms with van der Waals surface area (Å²) in [5.74, 6) is 5.28. The average Bonchev–Trinajstić information content (AvgIpc) is 2.79. The monoisotopic (exact) mass is 433 g/mol. The first-order valence-electron chi connectivity index (χ1n) is 9.80. The number of hydrogen-bond acceptors (Lipinski definition) is 7. The predicted molar refractivity (Wildman–Crippen MR) is 113 cm³/mol. The van der Waals surface area contributed by atoms with Gasteiger partial charge in [-0.05, 0) is 35.9 Å². The lowest BCUT2D eigenvalue weighted by atomic mass is 10.1. The second-order valence-corrected chi connectivity index (χ2v) is 7.11. The van der Waals surface area contributed by atoms with Crippen molar-refractivity contribution in [1.29, 1.82) is 0 Å². The van der Waals surface area contributed by atoms with Gasteiger partial charge in [0.05, 0.1) is 43.2 Å². The molecular formula is C21H22F3N5O2. The minimum Gasteiger partial charge on any atom is -0.391 e. The van der Waals surface area contributed by atoms with Crippen molar-refractivity contribution in [3.8, 4) is 0 Å². The molecule has 7 nitrogen and oxygen atoms in total. The van der Waals surface area contributed by atoms with E-state index in [1.54, 1.807) is 11.1 Å². The molecule has 2 aliphatic heterocycles. The molecule has 0 unspecified atom stereocenters. The molecule has 0 atom stereocenters. The molecule has 2 aliphatic rings. The molecule has 0 aromatic heterocycles. The van der Waals surface area contributed by atoms with Crippen LogP contribution in [0.3, 0.4) is 0 Å². The van der Waals surface area contributed by atoms with Crippen LogP contribution in [0.2, 0.25) is 0 Å². The lowest BCUT2D eigenvalue weighted by Crippen LogP contribution is -2.37. The molecule has 164 valence electrons. The second-order valence-electron chi connectivity index (χ2n) is 7.11. The van der Waals surface area contributed by atoms with E-state index in [1.807, 2.05) is 18.2 Å². The van der Waals surface area contributed by atoms with Crippen molar-refractivity contribution in [3.05, 3.63) is 53.1 Å². The Labute approximate surface area is 177 Å². The van der Waals surface area contributed by atoms with Gasteiger partial charge in [0.15, 0.2) is 0 Å². The van der Waals surface area contributed by atoms with Gasteiger partial charge < -0.3 is 19.8 Å². The van der Waals surface area contributed by atoms with Crippen molar-refractivity contribution in [1.82, 2.24) is 0 Å². The number of fused-ring (bicyclic) bond motifs is 1. The zero-order valence-corrected chi connectivity index (χ0v) is 16.7. The van der Waals surface area contributed by atoms with Crippen LogP contribution in [0.15, 0.2) is 46.4 Å². The molecule has 4 rings (SSSR count). The predicted octanol–water partition coefficient (Wildman–Crippen LogP) is 3.51. The van der Waals surface area contributed by atoms with E-state index in [0.29, 0.717) is 32.8 Å². The maximum atomic E-state index is 13.8. The van der Waals surface area contributed by atoms with E-state index in [4.69, 9.17) is 15.5 Å². The first-order chi connectivity index (χ1) is 15.0. The Kier molecular flexibility index (Phi) is 6.10. The molecule has 0 bridgehead atoms. The van der Waals surface area contributed by atoms with Crippen LogP contribution in [0.1, 0.15) is 16.7 Å². The smallest absolute Gasteiger partial charge is 0.391 e. The third-order valence-electron chi connectivity index (χ3n) is 5.09. The summed E-state index contributed by atoms with van der Waals surface area (Å²) in [5.41, 5.74) is 2.03. The maximum absolute atomic E-state index is 13.8. The van der Waals surface area contributed by atoms with Gasteiger partial charge in [0, 0.05) is 30.6 Å². The van der Waals surface area contributed by atoms with Gasteiger partial charge in [0.25, 0.3) is 0 Å². The minimum absolute atomic E-state index is 0.0709. The highest BCUT2D eigenvalue weighted by atomic mass is 19.4. The molecule has 2 aromatic rings. The molecule has 0 saturated carbocycles. The largest absolute Gasteiger partial charge is 0.418 e. The van der Waals surface area contributed by atoms with Crippen molar-refractivity contribution in [2.45, 2.75) is 12.7 Å². The summed E-state index contributed by atoms with van der Waals surface area (Å²) in [6.07, 6.45) is -2.77. The third kappa shape index (κ3) is 4.80. The van der Waals surface area contributed by atoms with Crippen LogP contribution in [-0.2, 0) is 22.3 Å². The highest BCUT2D eigenvalue weighted by Gasteiger charge is 2.36. The zero-order valence-electron chi connectivity index (χ0n) is 16.7. The lowest BCUT2D eigenvalue weighted by Gasteiger charge is -2.31. The summed E-state index contributed by atoms with van der Waals surface area (Å²) < 4.78 is 46.6. The SMILES string of the molecule is NOC(=NCc1ccc2c(c1)N=CCN2)c1ccc(N2CCOCC2)c(C(F)(F)F)c1. The Morgan fingerprint density at radius 1 is 1.19 bits per heavy atom. The van der Waals surface area contributed by atoms with Gasteiger partial charge in [-0.3, -0.25) is 4.99 Å². The molecule has 0 amide bonds. The number of rotatable bonds is 4. The van der Waals surface area contributed by atoms with Gasteiger partial charge in [-0.1, -0.05) is 6.07 Å². The fraction of sp³-hybridized carbons (Fsp3) is 0.333. The Balaban J connectivity index is 1.61. The number of aliphatic imine (C=N–C) groups is 2. The molecule has 2 aromatic carbocycles. The summed E-state index contributed by atoms with van der Waals surface area (Å²) >= 11 is 0. The van der Waals surface area contributed by atoms with Gasteiger partial charge >= 0.3 is 6.18 Å². The Bertz CT molecular complexity index is 1000. The van der Waals surface area contributed by atoms with E-state index in [2.05, 4.69) is 15.3 Å². The highest BCUT2D eigenvalue weighted by Crippen LogP contribution is 2.38. The molecule has 10 heteroatoms. The van der Waals surface area contributed by atoms with Crippen molar-refractivity contribution >= 4 is 29.2 Å². The maximum Gasteiger partial charge on any atom is 0.418 e. The van der Waals surface area contributed by atoms with E-state index >= 15 is 0 Å². The molecular weight excluding hydrogens is 411 g/mol. The highest BCUT2D eigenvalue weighted by molar-refractivity contribution is 5.94. The third-order valence-corrected chi connectivity index (χ3v) is 5.09. The van der Waals surface area contributed by atoms with E-state index in [0.717, 1.165) is 23.0 Å². The number of halogens is 3. The molecule has 2 heterocycles. The number of hydrogen-bond donors (Lipinski definition) is 2. The quantitative estimate of drug-likeness (QED) is 0.438. The van der Waals surface area contributed by atoms with E-state index in [9.17, 15) is 13.2 Å². The molecule has 0 radical (unpaired) electrons. The van der Waals surface area contributed by atoms with E-state index < -0.39 is 11.7 Å². The van der Waals surface area contributed by atoms with Crippen molar-refractivity contribution in [3.63, 3.8) is 0 Å². The number of anilines is 2. The van der Waals surface area contributed by atoms with Crippen LogP contribution in [-0.4, -0.2) is 45.0 Å². The molecule has 3 N–H and O–H groups in total. The van der Waals surface area contributed by atoms with Gasteiger partial charge in [-0.25, -0.2) is 4.99 Å². The van der Waals surface area contributed by atoms with E-state index in [1.165, 1.54) is 12.1 Å². The molecule has 1 fully saturated rings. The van der Waals surface area contributed by atoms with Crippen molar-refractivity contribution in [2.75, 3.05) is 43.1 Å². The molecule has 31 heavy (non-hydrogen) atoms. The van der Waals surface area contributed by atoms with Crippen molar-refractivity contribution in [2.24, 2.45) is 15.9 Å². The number of morpholine rings is 1. The topological polar surface area (TPSA) is 84.5 Å². The van der Waals surface area contributed by atoms with Crippen LogP contribution >= 0.6 is 0 Å². The molecule has 1 saturated heterocycles. The minimum atomic E-state index is -4.53. The van der Waals surface area contributed by atoms with Gasteiger partial charge in [0.1, 0.15) is 0 Å². The first-order valence-corrected chi connectivity index (χ1v) is 9.80. The summed E-state index contributed by atoms with van der Waals surface area (Å²) in [7, 11) is 0. The Morgan fingerprint density at radius 3 is 2.74 bits per heavy atom. The fourth-order valence-electron chi connectivity index (χ4n) is 3.57. The molecule has 0 spiro atoms. The zero-order chi connectivity index (χ0) is 21.8. The molecule has 0 aliphatic carbocycles.